The molecule has 4 aromatic carbocycles. The third kappa shape index (κ3) is 3.17. The predicted octanol–water partition coefficient (Wildman–Crippen LogP) is 8.66. The van der Waals surface area contributed by atoms with Crippen molar-refractivity contribution in [1.29, 1.82) is 0 Å². The minimum absolute atomic E-state index is 0.827. The van der Waals surface area contributed by atoms with Crippen molar-refractivity contribution in [3.05, 3.63) is 127 Å². The van der Waals surface area contributed by atoms with E-state index in [9.17, 15) is 0 Å². The highest BCUT2D eigenvalue weighted by Gasteiger charge is 2.18. The van der Waals surface area contributed by atoms with E-state index in [1.165, 1.54) is 21.5 Å². The van der Waals surface area contributed by atoms with E-state index >= 15 is 0 Å². The summed E-state index contributed by atoms with van der Waals surface area (Å²) in [6, 6.07) is 33.9. The summed E-state index contributed by atoms with van der Waals surface area (Å²) in [5.74, 6) is 0.827. The second kappa shape index (κ2) is 8.56. The lowest BCUT2D eigenvalue weighted by atomic mass is 10.0. The van der Waals surface area contributed by atoms with Crippen molar-refractivity contribution in [1.82, 2.24) is 19.2 Å². The SMILES string of the molecule is C=C(/C=C(C)\C(=C/C)c1nnc2c3ccccc3c3ccccc3n12)n1c2ccccc2c2ccccc21. The van der Waals surface area contributed by atoms with Crippen molar-refractivity contribution in [2.45, 2.75) is 13.8 Å². The van der Waals surface area contributed by atoms with E-state index in [0.29, 0.717) is 0 Å². The summed E-state index contributed by atoms with van der Waals surface area (Å²) < 4.78 is 4.43. The molecule has 0 fully saturated rings. The second-order valence-electron chi connectivity index (χ2n) is 9.64. The normalized spacial score (nSPS) is 12.9. The number of rotatable bonds is 4. The third-order valence-corrected chi connectivity index (χ3v) is 7.47. The Morgan fingerprint density at radius 2 is 1.16 bits per heavy atom. The summed E-state index contributed by atoms with van der Waals surface area (Å²) >= 11 is 0. The molecule has 38 heavy (non-hydrogen) atoms. The molecular formula is C34H26N4. The Balaban J connectivity index is 1.42. The Morgan fingerprint density at radius 3 is 1.76 bits per heavy atom. The molecule has 3 heterocycles. The fraction of sp³-hybridized carbons (Fsp3) is 0.0588. The van der Waals surface area contributed by atoms with Crippen LogP contribution in [0, 0.1) is 0 Å². The molecule has 0 aliphatic carbocycles. The molecule has 0 N–H and O–H groups in total. The van der Waals surface area contributed by atoms with Gasteiger partial charge in [0.15, 0.2) is 11.5 Å². The molecule has 0 aliphatic heterocycles. The van der Waals surface area contributed by atoms with Crippen molar-refractivity contribution in [2.75, 3.05) is 0 Å². The maximum atomic E-state index is 4.73. The molecule has 4 nitrogen and oxygen atoms in total. The van der Waals surface area contributed by atoms with Crippen LogP contribution in [0.25, 0.3) is 60.4 Å². The van der Waals surface area contributed by atoms with Gasteiger partial charge in [0, 0.05) is 32.8 Å². The summed E-state index contributed by atoms with van der Waals surface area (Å²) in [4.78, 5) is 0. The molecule has 3 aromatic heterocycles. The summed E-state index contributed by atoms with van der Waals surface area (Å²) in [7, 11) is 0. The van der Waals surface area contributed by atoms with Crippen molar-refractivity contribution in [3.8, 4) is 0 Å². The lowest BCUT2D eigenvalue weighted by molar-refractivity contribution is 1.07. The molecule has 0 saturated carbocycles. The van der Waals surface area contributed by atoms with Gasteiger partial charge in [-0.25, -0.2) is 0 Å². The van der Waals surface area contributed by atoms with Gasteiger partial charge in [0.25, 0.3) is 0 Å². The van der Waals surface area contributed by atoms with E-state index in [-0.39, 0.29) is 0 Å². The van der Waals surface area contributed by atoms with Gasteiger partial charge in [0.2, 0.25) is 0 Å². The molecule has 0 spiro atoms. The molecule has 0 bridgehead atoms. The second-order valence-corrected chi connectivity index (χ2v) is 9.64. The Labute approximate surface area is 220 Å². The van der Waals surface area contributed by atoms with Crippen LogP contribution in [0.2, 0.25) is 0 Å². The fourth-order valence-electron chi connectivity index (χ4n) is 5.83. The van der Waals surface area contributed by atoms with Crippen LogP contribution in [0.15, 0.2) is 121 Å². The maximum absolute atomic E-state index is 4.73. The molecule has 0 aliphatic rings. The minimum atomic E-state index is 0.827. The maximum Gasteiger partial charge on any atom is 0.169 e. The van der Waals surface area contributed by atoms with Crippen molar-refractivity contribution in [2.24, 2.45) is 0 Å². The van der Waals surface area contributed by atoms with E-state index in [0.717, 1.165) is 50.3 Å². The molecule has 0 saturated heterocycles. The summed E-state index contributed by atoms with van der Waals surface area (Å²) in [5, 5.41) is 15.3. The molecule has 7 rings (SSSR count). The van der Waals surface area contributed by atoms with Gasteiger partial charge in [-0.05, 0) is 49.1 Å². The Bertz CT molecular complexity index is 2060. The summed E-state index contributed by atoms with van der Waals surface area (Å²) in [6.45, 7) is 8.68. The highest BCUT2D eigenvalue weighted by atomic mass is 15.2. The lowest BCUT2D eigenvalue weighted by Gasteiger charge is -2.13. The van der Waals surface area contributed by atoms with Crippen molar-refractivity contribution >= 4 is 60.4 Å². The zero-order valence-corrected chi connectivity index (χ0v) is 21.4. The van der Waals surface area contributed by atoms with Crippen LogP contribution in [0.4, 0.5) is 0 Å². The van der Waals surface area contributed by atoms with Crippen LogP contribution < -0.4 is 0 Å². The highest BCUT2D eigenvalue weighted by molar-refractivity contribution is 6.12. The topological polar surface area (TPSA) is 35.1 Å². The van der Waals surface area contributed by atoms with E-state index in [4.69, 9.17) is 5.10 Å². The van der Waals surface area contributed by atoms with Gasteiger partial charge in [-0.3, -0.25) is 4.40 Å². The summed E-state index contributed by atoms with van der Waals surface area (Å²) in [6.07, 6.45) is 4.27. The number of benzene rings is 4. The molecule has 0 unspecified atom stereocenters. The van der Waals surface area contributed by atoms with E-state index in [1.807, 2.05) is 0 Å². The van der Waals surface area contributed by atoms with Crippen LogP contribution in [0.1, 0.15) is 19.7 Å². The molecule has 0 atom stereocenters. The first-order valence-corrected chi connectivity index (χ1v) is 12.8. The fourth-order valence-corrected chi connectivity index (χ4v) is 5.83. The molecule has 0 amide bonds. The smallest absolute Gasteiger partial charge is 0.169 e. The van der Waals surface area contributed by atoms with Crippen LogP contribution in [0.5, 0.6) is 0 Å². The van der Waals surface area contributed by atoms with Gasteiger partial charge in [-0.1, -0.05) is 91.5 Å². The number of aromatic nitrogens is 4. The zero-order valence-electron chi connectivity index (χ0n) is 21.4. The summed E-state index contributed by atoms with van der Waals surface area (Å²) in [5.41, 5.74) is 7.26. The number of pyridine rings is 1. The minimum Gasteiger partial charge on any atom is -0.310 e. The van der Waals surface area contributed by atoms with Crippen molar-refractivity contribution < 1.29 is 0 Å². The monoisotopic (exact) mass is 490 g/mol. The van der Waals surface area contributed by atoms with Crippen LogP contribution in [-0.4, -0.2) is 19.2 Å². The van der Waals surface area contributed by atoms with Crippen molar-refractivity contribution in [3.63, 3.8) is 0 Å². The lowest BCUT2D eigenvalue weighted by Crippen LogP contribution is -2.00. The zero-order chi connectivity index (χ0) is 25.8. The highest BCUT2D eigenvalue weighted by Crippen LogP contribution is 2.34. The molecule has 182 valence electrons. The first kappa shape index (κ1) is 22.3. The van der Waals surface area contributed by atoms with Gasteiger partial charge in [-0.2, -0.15) is 0 Å². The first-order valence-electron chi connectivity index (χ1n) is 12.8. The Kier molecular flexibility index (Phi) is 5.02. The van der Waals surface area contributed by atoms with Gasteiger partial charge < -0.3 is 4.57 Å². The van der Waals surface area contributed by atoms with E-state index < -0.39 is 0 Å². The number of hydrogen-bond acceptors (Lipinski definition) is 2. The molecule has 7 aromatic rings. The number of para-hydroxylation sites is 3. The molecule has 0 radical (unpaired) electrons. The quantitative estimate of drug-likeness (QED) is 0.183. The number of nitrogens with zero attached hydrogens (tertiary/aromatic N) is 4. The largest absolute Gasteiger partial charge is 0.310 e. The molecular weight excluding hydrogens is 464 g/mol. The average Bonchev–Trinajstić information content (AvgIpc) is 3.54. The van der Waals surface area contributed by atoms with Gasteiger partial charge in [-0.15, -0.1) is 10.2 Å². The van der Waals surface area contributed by atoms with Crippen LogP contribution >= 0.6 is 0 Å². The molecule has 4 heteroatoms. The van der Waals surface area contributed by atoms with E-state index in [1.54, 1.807) is 0 Å². The van der Waals surface area contributed by atoms with Gasteiger partial charge >= 0.3 is 0 Å². The number of hydrogen-bond donors (Lipinski definition) is 0. The first-order chi connectivity index (χ1) is 18.7. The third-order valence-electron chi connectivity index (χ3n) is 7.47. The number of allylic oxidation sites excluding steroid dienone is 5. The van der Waals surface area contributed by atoms with Crippen LogP contribution in [0.3, 0.4) is 0 Å². The Morgan fingerprint density at radius 1 is 0.658 bits per heavy atom. The average molecular weight is 491 g/mol. The Hall–Kier alpha value is -4.96. The predicted molar refractivity (Wildman–Crippen MR) is 160 cm³/mol. The van der Waals surface area contributed by atoms with Gasteiger partial charge in [0.05, 0.1) is 16.6 Å². The number of fused-ring (bicyclic) bond motifs is 9. The van der Waals surface area contributed by atoms with E-state index in [2.05, 4.69) is 144 Å². The van der Waals surface area contributed by atoms with Crippen LogP contribution in [-0.2, 0) is 0 Å². The standard InChI is InChI=1S/C34H26N4/c1-4-24(22(2)21-23(3)37-30-18-10-8-15-27(30)28-16-9-11-19-31(28)37)33-35-36-34-29-17-6-5-13-25(29)26-14-7-12-20-32(26)38(33)34/h4-21H,3H2,1-2H3/b22-21-,24-4+. The van der Waals surface area contributed by atoms with Gasteiger partial charge in [0.1, 0.15) is 0 Å².